The number of likely N-dealkylation sites (tertiary alicyclic amines) is 1. The van der Waals surface area contributed by atoms with E-state index < -0.39 is 0 Å². The van der Waals surface area contributed by atoms with Crippen molar-refractivity contribution in [2.75, 3.05) is 18.4 Å². The van der Waals surface area contributed by atoms with Crippen molar-refractivity contribution in [3.8, 4) is 17.1 Å². The second-order valence-corrected chi connectivity index (χ2v) is 11.3. The Bertz CT molecular complexity index is 1510. The number of nitrogens with zero attached hydrogens (tertiary/aromatic N) is 5. The molecule has 204 valence electrons. The molecule has 9 heteroatoms. The van der Waals surface area contributed by atoms with E-state index >= 15 is 0 Å². The third-order valence-corrected chi connectivity index (χ3v) is 7.51. The SMILES string of the molecule is Cc1c(NC(=O)C2CCCN(Cc3nc(-c4ccc(C(C)(C)C)cc4)no3)C2)c(=O)n(-c2ccccc2)n1C. The van der Waals surface area contributed by atoms with Crippen LogP contribution < -0.4 is 10.9 Å². The van der Waals surface area contributed by atoms with Gasteiger partial charge in [0, 0.05) is 19.2 Å². The summed E-state index contributed by atoms with van der Waals surface area (Å²) in [6.07, 6.45) is 1.63. The van der Waals surface area contributed by atoms with Crippen molar-refractivity contribution in [2.24, 2.45) is 13.0 Å². The number of hydrogen-bond donors (Lipinski definition) is 1. The highest BCUT2D eigenvalue weighted by molar-refractivity contribution is 5.93. The fourth-order valence-electron chi connectivity index (χ4n) is 5.10. The first-order valence-corrected chi connectivity index (χ1v) is 13.4. The van der Waals surface area contributed by atoms with Crippen LogP contribution in [0.25, 0.3) is 17.1 Å². The largest absolute Gasteiger partial charge is 0.338 e. The predicted octanol–water partition coefficient (Wildman–Crippen LogP) is 4.68. The van der Waals surface area contributed by atoms with Crippen LogP contribution >= 0.6 is 0 Å². The van der Waals surface area contributed by atoms with Crippen molar-refractivity contribution in [3.63, 3.8) is 0 Å². The number of carbonyl (C=O) groups excluding carboxylic acids is 1. The number of para-hydroxylation sites is 1. The molecule has 5 rings (SSSR count). The molecule has 1 unspecified atom stereocenters. The second kappa shape index (κ2) is 10.6. The highest BCUT2D eigenvalue weighted by Crippen LogP contribution is 2.26. The minimum atomic E-state index is -0.240. The Morgan fingerprint density at radius 1 is 1.10 bits per heavy atom. The minimum Gasteiger partial charge on any atom is -0.338 e. The van der Waals surface area contributed by atoms with E-state index in [2.05, 4.69) is 53.3 Å². The highest BCUT2D eigenvalue weighted by atomic mass is 16.5. The van der Waals surface area contributed by atoms with E-state index in [0.29, 0.717) is 36.2 Å². The van der Waals surface area contributed by atoms with E-state index in [1.54, 1.807) is 9.36 Å². The Morgan fingerprint density at radius 2 is 1.82 bits per heavy atom. The summed E-state index contributed by atoms with van der Waals surface area (Å²) in [6, 6.07) is 17.7. The molecular weight excluding hydrogens is 492 g/mol. The van der Waals surface area contributed by atoms with E-state index in [1.165, 1.54) is 5.56 Å². The topological polar surface area (TPSA) is 98.2 Å². The monoisotopic (exact) mass is 528 g/mol. The third kappa shape index (κ3) is 5.59. The Balaban J connectivity index is 1.24. The maximum Gasteiger partial charge on any atom is 0.295 e. The highest BCUT2D eigenvalue weighted by Gasteiger charge is 2.29. The van der Waals surface area contributed by atoms with Crippen molar-refractivity contribution in [3.05, 3.63) is 82.1 Å². The maximum absolute atomic E-state index is 13.3. The molecule has 1 atom stereocenters. The number of rotatable bonds is 6. The third-order valence-electron chi connectivity index (χ3n) is 7.51. The first-order chi connectivity index (χ1) is 18.6. The van der Waals surface area contributed by atoms with Crippen LogP contribution in [0.2, 0.25) is 0 Å². The van der Waals surface area contributed by atoms with Crippen LogP contribution in [-0.2, 0) is 23.8 Å². The molecule has 1 saturated heterocycles. The minimum absolute atomic E-state index is 0.0789. The van der Waals surface area contributed by atoms with Gasteiger partial charge in [-0.05, 0) is 49.4 Å². The molecule has 4 aromatic rings. The van der Waals surface area contributed by atoms with E-state index in [9.17, 15) is 9.59 Å². The molecule has 0 spiro atoms. The first kappa shape index (κ1) is 26.6. The van der Waals surface area contributed by atoms with E-state index in [1.807, 2.05) is 56.4 Å². The molecule has 1 amide bonds. The van der Waals surface area contributed by atoms with Gasteiger partial charge in [-0.3, -0.25) is 19.2 Å². The lowest BCUT2D eigenvalue weighted by atomic mass is 9.87. The second-order valence-electron chi connectivity index (χ2n) is 11.3. The molecule has 0 bridgehead atoms. The summed E-state index contributed by atoms with van der Waals surface area (Å²) in [5.74, 6) is 0.702. The van der Waals surface area contributed by atoms with Gasteiger partial charge in [-0.25, -0.2) is 4.68 Å². The lowest BCUT2D eigenvalue weighted by molar-refractivity contribution is -0.121. The van der Waals surface area contributed by atoms with Gasteiger partial charge in [0.1, 0.15) is 5.69 Å². The van der Waals surface area contributed by atoms with Gasteiger partial charge in [-0.1, -0.05) is 68.4 Å². The number of hydrogen-bond acceptors (Lipinski definition) is 6. The molecular formula is C30H36N6O3. The average molecular weight is 529 g/mol. The summed E-state index contributed by atoms with van der Waals surface area (Å²) in [7, 11) is 1.82. The Kier molecular flexibility index (Phi) is 7.27. The zero-order valence-corrected chi connectivity index (χ0v) is 23.3. The predicted molar refractivity (Wildman–Crippen MR) is 151 cm³/mol. The summed E-state index contributed by atoms with van der Waals surface area (Å²) in [5, 5.41) is 7.11. The molecule has 0 aliphatic carbocycles. The molecule has 2 aromatic carbocycles. The van der Waals surface area contributed by atoms with Crippen LogP contribution in [0.5, 0.6) is 0 Å². The average Bonchev–Trinajstić information content (AvgIpc) is 3.47. The Hall–Kier alpha value is -3.98. The fraction of sp³-hybridized carbons (Fsp3) is 0.400. The molecule has 2 aromatic heterocycles. The van der Waals surface area contributed by atoms with Crippen LogP contribution in [0.15, 0.2) is 63.9 Å². The zero-order valence-electron chi connectivity index (χ0n) is 23.3. The number of carbonyl (C=O) groups is 1. The van der Waals surface area contributed by atoms with Crippen molar-refractivity contribution in [2.45, 2.75) is 52.5 Å². The van der Waals surface area contributed by atoms with Crippen molar-refractivity contribution in [1.82, 2.24) is 24.4 Å². The molecule has 0 saturated carbocycles. The van der Waals surface area contributed by atoms with Gasteiger partial charge in [-0.2, -0.15) is 4.98 Å². The normalized spacial score (nSPS) is 16.4. The van der Waals surface area contributed by atoms with Crippen LogP contribution in [0, 0.1) is 12.8 Å². The summed E-state index contributed by atoms with van der Waals surface area (Å²) >= 11 is 0. The molecule has 0 radical (unpaired) electrons. The van der Waals surface area contributed by atoms with Gasteiger partial charge in [0.2, 0.25) is 17.6 Å². The van der Waals surface area contributed by atoms with Crippen LogP contribution in [0.3, 0.4) is 0 Å². The van der Waals surface area contributed by atoms with Gasteiger partial charge >= 0.3 is 0 Å². The van der Waals surface area contributed by atoms with Gasteiger partial charge in [-0.15, -0.1) is 0 Å². The Labute approximate surface area is 228 Å². The first-order valence-electron chi connectivity index (χ1n) is 13.4. The lowest BCUT2D eigenvalue weighted by Gasteiger charge is -2.30. The smallest absolute Gasteiger partial charge is 0.295 e. The van der Waals surface area contributed by atoms with E-state index in [-0.39, 0.29) is 22.8 Å². The maximum atomic E-state index is 13.3. The van der Waals surface area contributed by atoms with Gasteiger partial charge in [0.25, 0.3) is 5.56 Å². The molecule has 9 nitrogen and oxygen atoms in total. The van der Waals surface area contributed by atoms with Crippen molar-refractivity contribution >= 4 is 11.6 Å². The summed E-state index contributed by atoms with van der Waals surface area (Å²) in [4.78, 5) is 33.2. The summed E-state index contributed by atoms with van der Waals surface area (Å²) < 4.78 is 8.89. The van der Waals surface area contributed by atoms with Gasteiger partial charge in [0.05, 0.1) is 23.8 Å². The van der Waals surface area contributed by atoms with Gasteiger partial charge < -0.3 is 9.84 Å². The number of benzene rings is 2. The quantitative estimate of drug-likeness (QED) is 0.390. The van der Waals surface area contributed by atoms with Crippen LogP contribution in [-0.4, -0.2) is 43.4 Å². The van der Waals surface area contributed by atoms with Gasteiger partial charge in [0.15, 0.2) is 0 Å². The van der Waals surface area contributed by atoms with E-state index in [0.717, 1.165) is 30.6 Å². The molecule has 1 aliphatic rings. The lowest BCUT2D eigenvalue weighted by Crippen LogP contribution is -2.40. The molecule has 1 aliphatic heterocycles. The molecule has 1 fully saturated rings. The number of anilines is 1. The Morgan fingerprint density at radius 3 is 2.51 bits per heavy atom. The summed E-state index contributed by atoms with van der Waals surface area (Å²) in [5.41, 5.74) is 3.78. The van der Waals surface area contributed by atoms with Crippen molar-refractivity contribution in [1.29, 1.82) is 0 Å². The van der Waals surface area contributed by atoms with Crippen LogP contribution in [0.4, 0.5) is 5.69 Å². The molecule has 1 N–H and O–H groups in total. The number of amides is 1. The summed E-state index contributed by atoms with van der Waals surface area (Å²) in [6.45, 7) is 10.3. The zero-order chi connectivity index (χ0) is 27.7. The van der Waals surface area contributed by atoms with E-state index in [4.69, 9.17) is 4.52 Å². The van der Waals surface area contributed by atoms with Crippen molar-refractivity contribution < 1.29 is 9.32 Å². The molecule has 3 heterocycles. The molecule has 39 heavy (non-hydrogen) atoms. The standard InChI is InChI=1S/C30H36N6O3/c1-20-26(29(38)36(34(20)5)24-11-7-6-8-12-24)32-28(37)22-10-9-17-35(18-22)19-25-31-27(33-39-25)21-13-15-23(16-14-21)30(2,3)4/h6-8,11-16,22H,9-10,17-19H2,1-5H3,(H,32,37). The van der Waals surface area contributed by atoms with Crippen LogP contribution in [0.1, 0.15) is 50.8 Å². The number of piperidine rings is 1. The number of aromatic nitrogens is 4. The fourth-order valence-corrected chi connectivity index (χ4v) is 5.10. The number of nitrogens with one attached hydrogen (secondary N) is 1.